The molecule has 0 aliphatic heterocycles. The molecule has 1 N–H and O–H groups in total. The summed E-state index contributed by atoms with van der Waals surface area (Å²) in [6, 6.07) is 24.3. The van der Waals surface area contributed by atoms with Crippen molar-refractivity contribution >= 4 is 21.8 Å². The van der Waals surface area contributed by atoms with Crippen LogP contribution in [0.25, 0.3) is 22.5 Å². The quantitative estimate of drug-likeness (QED) is 0.216. The van der Waals surface area contributed by atoms with Crippen molar-refractivity contribution in [1.29, 1.82) is 0 Å². The van der Waals surface area contributed by atoms with Gasteiger partial charge in [0.25, 0.3) is 0 Å². The second-order valence-electron chi connectivity index (χ2n) is 8.54. The zero-order valence-electron chi connectivity index (χ0n) is 20.6. The lowest BCUT2D eigenvalue weighted by Crippen LogP contribution is -2.27. The minimum Gasteiger partial charge on any atom is -0.319 e. The highest BCUT2D eigenvalue weighted by Crippen LogP contribution is 2.35. The minimum absolute atomic E-state index is 0.317. The van der Waals surface area contributed by atoms with E-state index in [1.807, 2.05) is 69.3 Å². The highest BCUT2D eigenvalue weighted by atomic mass is 32.2. The third-order valence-electron chi connectivity index (χ3n) is 5.84. The molecule has 35 heavy (non-hydrogen) atoms. The lowest BCUT2D eigenvalue weighted by atomic mass is 10.0. The molecule has 7 heteroatoms. The van der Waals surface area contributed by atoms with Gasteiger partial charge in [-0.3, -0.25) is 0 Å². The highest BCUT2D eigenvalue weighted by molar-refractivity contribution is 7.99. The summed E-state index contributed by atoms with van der Waals surface area (Å²) in [5, 5.41) is 0.882. The van der Waals surface area contributed by atoms with Crippen LogP contribution >= 0.6 is 11.8 Å². The van der Waals surface area contributed by atoms with Gasteiger partial charge in [0.2, 0.25) is 10.0 Å². The normalized spacial score (nSPS) is 11.7. The highest BCUT2D eigenvalue weighted by Gasteiger charge is 2.21. The van der Waals surface area contributed by atoms with Gasteiger partial charge in [-0.05, 0) is 38.8 Å². The lowest BCUT2D eigenvalue weighted by Gasteiger charge is -2.13. The Hall–Kier alpha value is -2.87. The molecule has 3 aromatic carbocycles. The van der Waals surface area contributed by atoms with E-state index in [9.17, 15) is 8.42 Å². The molecule has 0 spiro atoms. The molecule has 0 bridgehead atoms. The van der Waals surface area contributed by atoms with Gasteiger partial charge in [-0.2, -0.15) is 0 Å². The maximum Gasteiger partial charge on any atom is 0.241 e. The molecule has 0 unspecified atom stereocenters. The average Bonchev–Trinajstić information content (AvgIpc) is 3.20. The van der Waals surface area contributed by atoms with Crippen molar-refractivity contribution in [2.45, 2.75) is 44.3 Å². The Morgan fingerprint density at radius 2 is 1.46 bits per heavy atom. The van der Waals surface area contributed by atoms with Gasteiger partial charge in [0.1, 0.15) is 0 Å². The molecular weight excluding hydrogens is 474 g/mol. The van der Waals surface area contributed by atoms with Crippen LogP contribution in [0.15, 0.2) is 82.8 Å². The summed E-state index contributed by atoms with van der Waals surface area (Å²) in [5.74, 6) is 0.572. The van der Waals surface area contributed by atoms with Gasteiger partial charge in [0.15, 0.2) is 5.16 Å². The zero-order valence-corrected chi connectivity index (χ0v) is 22.2. The van der Waals surface area contributed by atoms with E-state index in [-0.39, 0.29) is 0 Å². The van der Waals surface area contributed by atoms with E-state index in [1.165, 1.54) is 0 Å². The van der Waals surface area contributed by atoms with Crippen molar-refractivity contribution in [3.63, 3.8) is 0 Å². The monoisotopic (exact) mass is 505 g/mol. The molecule has 0 atom stereocenters. The summed E-state index contributed by atoms with van der Waals surface area (Å²) < 4.78 is 31.0. The summed E-state index contributed by atoms with van der Waals surface area (Å²) >= 11 is 1.57. The fraction of sp³-hybridized carbons (Fsp3) is 0.250. The van der Waals surface area contributed by atoms with Crippen molar-refractivity contribution < 1.29 is 8.42 Å². The lowest BCUT2D eigenvalue weighted by molar-refractivity contribution is 0.583. The first-order valence-corrected chi connectivity index (χ1v) is 14.2. The Bertz CT molecular complexity index is 1390. The molecule has 0 aliphatic rings. The van der Waals surface area contributed by atoms with Crippen molar-refractivity contribution in [3.8, 4) is 22.5 Å². The number of aromatic nitrogens is 2. The van der Waals surface area contributed by atoms with E-state index in [0.29, 0.717) is 17.2 Å². The van der Waals surface area contributed by atoms with Crippen LogP contribution in [-0.2, 0) is 16.6 Å². The topological polar surface area (TPSA) is 64.0 Å². The second kappa shape index (κ2) is 10.8. The van der Waals surface area contributed by atoms with E-state index >= 15 is 0 Å². The number of benzene rings is 3. The Morgan fingerprint density at radius 3 is 2.03 bits per heavy atom. The number of imidazole rings is 1. The van der Waals surface area contributed by atoms with Gasteiger partial charge in [-0.1, -0.05) is 90.1 Å². The maximum absolute atomic E-state index is 13.0. The first-order valence-electron chi connectivity index (χ1n) is 11.7. The van der Waals surface area contributed by atoms with Crippen LogP contribution in [0, 0.1) is 20.8 Å². The fourth-order valence-electron chi connectivity index (χ4n) is 4.50. The molecule has 1 heterocycles. The van der Waals surface area contributed by atoms with Gasteiger partial charge in [0.05, 0.1) is 16.3 Å². The third kappa shape index (κ3) is 5.53. The number of nitrogens with zero attached hydrogens (tertiary/aromatic N) is 2. The molecule has 182 valence electrons. The first kappa shape index (κ1) is 25.2. The number of hydrogen-bond acceptors (Lipinski definition) is 4. The Balaban J connectivity index is 1.57. The smallest absolute Gasteiger partial charge is 0.241 e. The van der Waals surface area contributed by atoms with Gasteiger partial charge in [-0.25, -0.2) is 18.1 Å². The van der Waals surface area contributed by atoms with Gasteiger partial charge in [-0.15, -0.1) is 0 Å². The predicted molar refractivity (Wildman–Crippen MR) is 145 cm³/mol. The molecular formula is C28H31N3O2S2. The summed E-state index contributed by atoms with van der Waals surface area (Å²) in [5.41, 5.74) is 6.78. The largest absolute Gasteiger partial charge is 0.319 e. The predicted octanol–water partition coefficient (Wildman–Crippen LogP) is 6.23. The second-order valence-corrected chi connectivity index (χ2v) is 11.3. The van der Waals surface area contributed by atoms with Crippen molar-refractivity contribution in [2.24, 2.45) is 0 Å². The van der Waals surface area contributed by atoms with E-state index in [1.54, 1.807) is 11.8 Å². The van der Waals surface area contributed by atoms with Crippen molar-refractivity contribution in [3.05, 3.63) is 89.5 Å². The number of thioether (sulfide) groups is 1. The Morgan fingerprint density at radius 1 is 0.886 bits per heavy atom. The maximum atomic E-state index is 13.0. The number of rotatable bonds is 9. The number of aryl methyl sites for hydroxylation is 3. The van der Waals surface area contributed by atoms with Crippen molar-refractivity contribution in [1.82, 2.24) is 14.3 Å². The SMILES string of the molecule is CCn1c(SCCNS(=O)(=O)c2c(C)cc(C)cc2C)nc(-c2ccccc2)c1-c1ccccc1. The Kier molecular flexibility index (Phi) is 7.79. The summed E-state index contributed by atoms with van der Waals surface area (Å²) in [4.78, 5) is 5.38. The van der Waals surface area contributed by atoms with E-state index in [2.05, 4.69) is 40.5 Å². The average molecular weight is 506 g/mol. The van der Waals surface area contributed by atoms with Crippen LogP contribution in [0.2, 0.25) is 0 Å². The molecule has 5 nitrogen and oxygen atoms in total. The summed E-state index contributed by atoms with van der Waals surface area (Å²) in [6.45, 7) is 8.86. The van der Waals surface area contributed by atoms with Crippen molar-refractivity contribution in [2.75, 3.05) is 12.3 Å². The zero-order chi connectivity index (χ0) is 25.0. The molecule has 0 radical (unpaired) electrons. The molecule has 0 aliphatic carbocycles. The van der Waals surface area contributed by atoms with Crippen LogP contribution in [-0.4, -0.2) is 30.3 Å². The summed E-state index contributed by atoms with van der Waals surface area (Å²) in [6.07, 6.45) is 0. The standard InChI is InChI=1S/C28H31N3O2S2/c1-5-31-26(24-14-10-7-11-15-24)25(23-12-8-6-9-13-23)30-28(31)34-17-16-29-35(32,33)27-21(3)18-20(2)19-22(27)4/h6-15,18-19,29H,5,16-17H2,1-4H3. The van der Waals surface area contributed by atoms with Crippen LogP contribution in [0.5, 0.6) is 0 Å². The van der Waals surface area contributed by atoms with Crippen LogP contribution in [0.4, 0.5) is 0 Å². The van der Waals surface area contributed by atoms with Gasteiger partial charge < -0.3 is 4.57 Å². The van der Waals surface area contributed by atoms with E-state index < -0.39 is 10.0 Å². The molecule has 1 aromatic heterocycles. The third-order valence-corrected chi connectivity index (χ3v) is 8.59. The van der Waals surface area contributed by atoms with E-state index in [4.69, 9.17) is 4.98 Å². The van der Waals surface area contributed by atoms with Crippen LogP contribution in [0.1, 0.15) is 23.6 Å². The fourth-order valence-corrected chi connectivity index (χ4v) is 7.03. The Labute approximate surface area is 212 Å². The molecule has 0 amide bonds. The molecule has 4 aromatic rings. The number of nitrogens with one attached hydrogen (secondary N) is 1. The van der Waals surface area contributed by atoms with Crippen LogP contribution in [0.3, 0.4) is 0 Å². The minimum atomic E-state index is -3.59. The van der Waals surface area contributed by atoms with E-state index in [0.717, 1.165) is 50.9 Å². The number of hydrogen-bond donors (Lipinski definition) is 1. The first-order chi connectivity index (χ1) is 16.8. The van der Waals surface area contributed by atoms with Crippen LogP contribution < -0.4 is 4.72 Å². The molecule has 4 rings (SSSR count). The summed E-state index contributed by atoms with van der Waals surface area (Å²) in [7, 11) is -3.59. The molecule has 0 saturated carbocycles. The molecule has 0 fully saturated rings. The number of sulfonamides is 1. The van der Waals surface area contributed by atoms with Gasteiger partial charge >= 0.3 is 0 Å². The molecule has 0 saturated heterocycles. The van der Waals surface area contributed by atoms with Gasteiger partial charge in [0, 0.05) is 30.0 Å².